The molecular formula is C28H42N6O4. The Bertz CT molecular complexity index is 1040. The van der Waals surface area contributed by atoms with Gasteiger partial charge in [-0.25, -0.2) is 4.68 Å². The maximum atomic E-state index is 14.2. The third kappa shape index (κ3) is 6.98. The number of ether oxygens (including phenoxy) is 2. The van der Waals surface area contributed by atoms with Crippen LogP contribution in [0.4, 0.5) is 0 Å². The lowest BCUT2D eigenvalue weighted by Gasteiger charge is -2.40. The van der Waals surface area contributed by atoms with Crippen molar-refractivity contribution in [1.82, 2.24) is 30.1 Å². The van der Waals surface area contributed by atoms with Crippen LogP contribution in [0.3, 0.4) is 0 Å². The largest absolute Gasteiger partial charge is 0.385 e. The van der Waals surface area contributed by atoms with Crippen LogP contribution >= 0.6 is 0 Å². The van der Waals surface area contributed by atoms with Crippen LogP contribution in [-0.2, 0) is 20.7 Å². The Morgan fingerprint density at radius 3 is 2.63 bits per heavy atom. The first kappa shape index (κ1) is 28.2. The highest BCUT2D eigenvalue weighted by atomic mass is 16.5. The third-order valence-corrected chi connectivity index (χ3v) is 7.24. The van der Waals surface area contributed by atoms with Gasteiger partial charge in [0, 0.05) is 52.5 Å². The number of unbranched alkanes of at least 4 members (excludes halogenated alkanes) is 1. The number of carbonyl (C=O) groups excluding carboxylic acids is 2. The van der Waals surface area contributed by atoms with Crippen molar-refractivity contribution in [2.75, 3.05) is 59.7 Å². The monoisotopic (exact) mass is 526 g/mol. The molecule has 2 saturated heterocycles. The molecule has 0 unspecified atom stereocenters. The van der Waals surface area contributed by atoms with Gasteiger partial charge in [-0.3, -0.25) is 9.59 Å². The number of nitrogens with one attached hydrogen (secondary N) is 1. The van der Waals surface area contributed by atoms with Crippen LogP contribution in [0.25, 0.3) is 5.69 Å². The number of nitrogens with zero attached hydrogens (tertiary/aromatic N) is 5. The van der Waals surface area contributed by atoms with Crippen LogP contribution in [0, 0.1) is 11.8 Å². The van der Waals surface area contributed by atoms with Gasteiger partial charge in [0.15, 0.2) is 5.69 Å². The number of rotatable bonds is 11. The Morgan fingerprint density at radius 2 is 1.92 bits per heavy atom. The second-order valence-electron chi connectivity index (χ2n) is 10.6. The summed E-state index contributed by atoms with van der Waals surface area (Å²) in [5.74, 6) is 0.136. The van der Waals surface area contributed by atoms with Crippen LogP contribution in [0.15, 0.2) is 30.3 Å². The first-order valence-corrected chi connectivity index (χ1v) is 13.9. The summed E-state index contributed by atoms with van der Waals surface area (Å²) in [5.41, 5.74) is 2.09. The molecule has 1 aromatic heterocycles. The molecule has 4 rings (SSSR count). The van der Waals surface area contributed by atoms with Crippen LogP contribution in [0.5, 0.6) is 0 Å². The number of morpholine rings is 1. The highest BCUT2D eigenvalue weighted by molar-refractivity contribution is 5.94. The molecule has 2 aromatic rings. The average molecular weight is 527 g/mol. The van der Waals surface area contributed by atoms with E-state index in [-0.39, 0.29) is 29.7 Å². The molecule has 0 bridgehead atoms. The standard InChI is InChI=1S/C28H42N6O4/c1-21(2)20-33(24-17-22(18-29-19-24)27(35)32-12-15-38-16-13-32)28(36)26-25(11-7-8-14-37-3)34(31-30-26)23-9-5-4-6-10-23/h4-6,9-10,21-22,24,29H,7-8,11-20H2,1-3H3/t22-,24+/m1/s1. The molecule has 208 valence electrons. The minimum absolute atomic E-state index is 0.100. The third-order valence-electron chi connectivity index (χ3n) is 7.24. The Labute approximate surface area is 225 Å². The van der Waals surface area contributed by atoms with Crippen molar-refractivity contribution < 1.29 is 19.1 Å². The molecule has 1 N–H and O–H groups in total. The number of benzene rings is 1. The van der Waals surface area contributed by atoms with E-state index in [9.17, 15) is 9.59 Å². The smallest absolute Gasteiger partial charge is 0.276 e. The number of amides is 2. The van der Waals surface area contributed by atoms with Gasteiger partial charge in [0.25, 0.3) is 5.91 Å². The maximum absolute atomic E-state index is 14.2. The van der Waals surface area contributed by atoms with E-state index in [1.54, 1.807) is 11.8 Å². The zero-order chi connectivity index (χ0) is 26.9. The van der Waals surface area contributed by atoms with E-state index in [0.717, 1.165) is 24.2 Å². The van der Waals surface area contributed by atoms with Gasteiger partial charge in [-0.15, -0.1) is 5.10 Å². The van der Waals surface area contributed by atoms with Crippen molar-refractivity contribution in [2.45, 2.75) is 45.6 Å². The van der Waals surface area contributed by atoms with E-state index in [1.807, 2.05) is 40.1 Å². The fourth-order valence-corrected chi connectivity index (χ4v) is 5.32. The molecule has 1 aromatic carbocycles. The predicted molar refractivity (Wildman–Crippen MR) is 144 cm³/mol. The van der Waals surface area contributed by atoms with Crippen LogP contribution in [0.1, 0.15) is 49.3 Å². The lowest BCUT2D eigenvalue weighted by atomic mass is 9.92. The summed E-state index contributed by atoms with van der Waals surface area (Å²) in [4.78, 5) is 31.2. The Kier molecular flexibility index (Phi) is 10.3. The minimum Gasteiger partial charge on any atom is -0.385 e. The van der Waals surface area contributed by atoms with Gasteiger partial charge in [-0.1, -0.05) is 37.3 Å². The van der Waals surface area contributed by atoms with Crippen molar-refractivity contribution in [3.05, 3.63) is 41.7 Å². The Morgan fingerprint density at radius 1 is 1.16 bits per heavy atom. The zero-order valence-electron chi connectivity index (χ0n) is 23.0. The number of hydrogen-bond acceptors (Lipinski definition) is 7. The second kappa shape index (κ2) is 13.8. The quantitative estimate of drug-likeness (QED) is 0.448. The molecule has 2 aliphatic heterocycles. The summed E-state index contributed by atoms with van der Waals surface area (Å²) >= 11 is 0. The number of hydrogen-bond donors (Lipinski definition) is 1. The molecule has 2 aliphatic rings. The molecule has 0 spiro atoms. The molecule has 10 nitrogen and oxygen atoms in total. The minimum atomic E-state index is -0.164. The Hall–Kier alpha value is -2.82. The van der Waals surface area contributed by atoms with E-state index in [4.69, 9.17) is 9.47 Å². The summed E-state index contributed by atoms with van der Waals surface area (Å²) in [6.45, 7) is 9.18. The molecule has 38 heavy (non-hydrogen) atoms. The predicted octanol–water partition coefficient (Wildman–Crippen LogP) is 2.17. The zero-order valence-corrected chi connectivity index (χ0v) is 23.0. The van der Waals surface area contributed by atoms with Gasteiger partial charge in [-0.05, 0) is 43.7 Å². The average Bonchev–Trinajstić information content (AvgIpc) is 3.38. The van der Waals surface area contributed by atoms with Crippen LogP contribution in [0.2, 0.25) is 0 Å². The van der Waals surface area contributed by atoms with E-state index in [2.05, 4.69) is 29.5 Å². The van der Waals surface area contributed by atoms with Crippen LogP contribution < -0.4 is 5.32 Å². The SMILES string of the molecule is COCCCCc1c(C(=O)N(CC(C)C)[C@@H]2CNC[C@H](C(=O)N3CCOCC3)C2)nnn1-c1ccccc1. The van der Waals surface area contributed by atoms with E-state index < -0.39 is 0 Å². The number of methoxy groups -OCH3 is 1. The first-order chi connectivity index (χ1) is 18.5. The summed E-state index contributed by atoms with van der Waals surface area (Å²) in [6, 6.07) is 9.72. The van der Waals surface area contributed by atoms with Gasteiger partial charge in [-0.2, -0.15) is 0 Å². The molecule has 0 aliphatic carbocycles. The Balaban J connectivity index is 1.58. The highest BCUT2D eigenvalue weighted by Crippen LogP contribution is 2.24. The van der Waals surface area contributed by atoms with Crippen molar-refractivity contribution in [1.29, 1.82) is 0 Å². The topological polar surface area (TPSA) is 102 Å². The summed E-state index contributed by atoms with van der Waals surface area (Å²) in [5, 5.41) is 12.3. The molecule has 2 fully saturated rings. The van der Waals surface area contributed by atoms with Gasteiger partial charge in [0.1, 0.15) is 0 Å². The lowest BCUT2D eigenvalue weighted by molar-refractivity contribution is -0.140. The van der Waals surface area contributed by atoms with Crippen molar-refractivity contribution in [3.8, 4) is 5.69 Å². The number of aromatic nitrogens is 3. The van der Waals surface area contributed by atoms with Crippen molar-refractivity contribution in [2.24, 2.45) is 11.8 Å². The van der Waals surface area contributed by atoms with E-state index >= 15 is 0 Å². The first-order valence-electron chi connectivity index (χ1n) is 13.9. The van der Waals surface area contributed by atoms with Gasteiger partial charge in [0.2, 0.25) is 5.91 Å². The van der Waals surface area contributed by atoms with Gasteiger partial charge in [0.05, 0.1) is 30.5 Å². The van der Waals surface area contributed by atoms with Gasteiger partial charge < -0.3 is 24.6 Å². The van der Waals surface area contributed by atoms with Crippen molar-refractivity contribution in [3.63, 3.8) is 0 Å². The fourth-order valence-electron chi connectivity index (χ4n) is 5.32. The fraction of sp³-hybridized carbons (Fsp3) is 0.643. The summed E-state index contributed by atoms with van der Waals surface area (Å²) in [7, 11) is 1.70. The molecule has 0 radical (unpaired) electrons. The number of piperidine rings is 1. The van der Waals surface area contributed by atoms with Crippen molar-refractivity contribution >= 4 is 11.8 Å². The van der Waals surface area contributed by atoms with Crippen LogP contribution in [-0.4, -0.2) is 102 Å². The summed E-state index contributed by atoms with van der Waals surface area (Å²) < 4.78 is 12.4. The second-order valence-corrected chi connectivity index (χ2v) is 10.6. The van der Waals surface area contributed by atoms with E-state index in [1.165, 1.54) is 0 Å². The molecule has 2 amide bonds. The lowest BCUT2D eigenvalue weighted by Crippen LogP contribution is -2.56. The summed E-state index contributed by atoms with van der Waals surface area (Å²) in [6.07, 6.45) is 3.05. The molecule has 10 heteroatoms. The molecular weight excluding hydrogens is 484 g/mol. The normalized spacial score (nSPS) is 20.1. The number of para-hydroxylation sites is 1. The molecule has 2 atom stereocenters. The maximum Gasteiger partial charge on any atom is 0.276 e. The molecule has 0 saturated carbocycles. The number of carbonyl (C=O) groups is 2. The van der Waals surface area contributed by atoms with Gasteiger partial charge >= 0.3 is 0 Å². The molecule has 3 heterocycles. The highest BCUT2D eigenvalue weighted by Gasteiger charge is 2.37. The van der Waals surface area contributed by atoms with E-state index in [0.29, 0.717) is 71.1 Å².